The fourth-order valence-corrected chi connectivity index (χ4v) is 3.27. The van der Waals surface area contributed by atoms with E-state index in [9.17, 15) is 13.2 Å². The van der Waals surface area contributed by atoms with Gasteiger partial charge in [0.1, 0.15) is 5.75 Å². The van der Waals surface area contributed by atoms with Crippen molar-refractivity contribution in [2.24, 2.45) is 5.92 Å². The molecule has 134 valence electrons. The Morgan fingerprint density at radius 2 is 2.04 bits per heavy atom. The first-order chi connectivity index (χ1) is 11.4. The summed E-state index contributed by atoms with van der Waals surface area (Å²) in [5.41, 5.74) is 0.631. The number of nitrogens with one attached hydrogen (secondary N) is 2. The van der Waals surface area contributed by atoms with Crippen LogP contribution in [-0.2, 0) is 14.3 Å². The van der Waals surface area contributed by atoms with Gasteiger partial charge in [0.05, 0.1) is 20.0 Å². The second kappa shape index (κ2) is 8.34. The third-order valence-corrected chi connectivity index (χ3v) is 4.61. The molecular weight excluding hydrogens is 332 g/mol. The average Bonchev–Trinajstić information content (AvgIpc) is 2.53. The van der Waals surface area contributed by atoms with E-state index in [-0.39, 0.29) is 24.6 Å². The van der Waals surface area contributed by atoms with Crippen molar-refractivity contribution in [2.75, 3.05) is 25.3 Å². The van der Waals surface area contributed by atoms with Crippen molar-refractivity contribution >= 4 is 21.8 Å². The molecule has 1 aliphatic rings. The topological polar surface area (TPSA) is 93.7 Å². The molecule has 0 aliphatic heterocycles. The molecule has 2 N–H and O–H groups in total. The van der Waals surface area contributed by atoms with E-state index in [2.05, 4.69) is 10.6 Å². The summed E-state index contributed by atoms with van der Waals surface area (Å²) in [6.07, 6.45) is 4.68. The first-order valence-corrected chi connectivity index (χ1v) is 9.75. The van der Waals surface area contributed by atoms with Gasteiger partial charge in [0.15, 0.2) is 0 Å². The Balaban J connectivity index is 1.92. The number of carbonyl (C=O) groups excluding carboxylic acids is 1. The lowest BCUT2D eigenvalue weighted by atomic mass is 9.85. The molecule has 1 aromatic carbocycles. The van der Waals surface area contributed by atoms with Crippen LogP contribution in [0.2, 0.25) is 0 Å². The molecule has 7 nitrogen and oxygen atoms in total. The normalized spacial score (nSPS) is 21.1. The number of rotatable bonds is 6. The number of urea groups is 1. The van der Waals surface area contributed by atoms with Crippen LogP contribution >= 0.6 is 0 Å². The van der Waals surface area contributed by atoms with Gasteiger partial charge in [-0.05, 0) is 25.0 Å². The van der Waals surface area contributed by atoms with E-state index in [1.807, 2.05) is 0 Å². The molecule has 1 aliphatic carbocycles. The minimum atomic E-state index is -3.47. The number of anilines is 1. The number of hydrogen-bond acceptors (Lipinski definition) is 5. The Bertz CT molecular complexity index is 662. The minimum absolute atomic E-state index is 0.00969. The molecule has 0 aromatic heterocycles. The summed E-state index contributed by atoms with van der Waals surface area (Å²) in [6, 6.07) is 6.66. The van der Waals surface area contributed by atoms with Crippen molar-refractivity contribution in [1.29, 1.82) is 0 Å². The molecule has 2 rings (SSSR count). The Kier molecular flexibility index (Phi) is 6.44. The van der Waals surface area contributed by atoms with Crippen molar-refractivity contribution in [3.8, 4) is 5.75 Å². The Hall–Kier alpha value is -1.80. The molecule has 24 heavy (non-hydrogen) atoms. The van der Waals surface area contributed by atoms with Crippen molar-refractivity contribution in [3.05, 3.63) is 24.3 Å². The predicted molar refractivity (Wildman–Crippen MR) is 91.7 cm³/mol. The highest BCUT2D eigenvalue weighted by atomic mass is 32.2. The number of amides is 2. The quantitative estimate of drug-likeness (QED) is 0.763. The molecule has 1 saturated carbocycles. The van der Waals surface area contributed by atoms with Crippen LogP contribution in [0.1, 0.15) is 25.7 Å². The molecule has 2 amide bonds. The molecule has 0 unspecified atom stereocenters. The minimum Gasteiger partial charge on any atom is -0.497 e. The lowest BCUT2D eigenvalue weighted by molar-refractivity contribution is 0.174. The number of methoxy groups -OCH3 is 1. The van der Waals surface area contributed by atoms with E-state index in [0.29, 0.717) is 11.4 Å². The van der Waals surface area contributed by atoms with Gasteiger partial charge in [-0.1, -0.05) is 18.9 Å². The van der Waals surface area contributed by atoms with Gasteiger partial charge < -0.3 is 15.4 Å². The predicted octanol–water partition coefficient (Wildman–Crippen LogP) is 2.35. The molecule has 8 heteroatoms. The van der Waals surface area contributed by atoms with Crippen molar-refractivity contribution < 1.29 is 22.1 Å². The highest BCUT2D eigenvalue weighted by Crippen LogP contribution is 2.25. The van der Waals surface area contributed by atoms with Gasteiger partial charge in [-0.15, -0.1) is 0 Å². The molecular formula is C16H24N2O5S. The first kappa shape index (κ1) is 18.5. The number of carbonyl (C=O) groups is 1. The fraction of sp³-hybridized carbons (Fsp3) is 0.562. The monoisotopic (exact) mass is 356 g/mol. The summed E-state index contributed by atoms with van der Waals surface area (Å²) >= 11 is 0. The van der Waals surface area contributed by atoms with Crippen LogP contribution in [0.15, 0.2) is 24.3 Å². The highest BCUT2D eigenvalue weighted by molar-refractivity contribution is 7.85. The summed E-state index contributed by atoms with van der Waals surface area (Å²) in [7, 11) is -1.91. The first-order valence-electron chi connectivity index (χ1n) is 7.93. The molecule has 0 saturated heterocycles. The van der Waals surface area contributed by atoms with Gasteiger partial charge >= 0.3 is 6.03 Å². The Morgan fingerprint density at radius 1 is 1.29 bits per heavy atom. The molecule has 1 aromatic rings. The maximum absolute atomic E-state index is 12.2. The summed E-state index contributed by atoms with van der Waals surface area (Å²) < 4.78 is 32.4. The van der Waals surface area contributed by atoms with Crippen molar-refractivity contribution in [3.63, 3.8) is 0 Å². The zero-order valence-corrected chi connectivity index (χ0v) is 14.8. The maximum atomic E-state index is 12.2. The molecule has 0 bridgehead atoms. The van der Waals surface area contributed by atoms with E-state index in [4.69, 9.17) is 8.92 Å². The van der Waals surface area contributed by atoms with Crippen LogP contribution in [0, 0.1) is 5.92 Å². The van der Waals surface area contributed by atoms with Gasteiger partial charge in [0.25, 0.3) is 10.1 Å². The van der Waals surface area contributed by atoms with E-state index in [0.717, 1.165) is 31.9 Å². The van der Waals surface area contributed by atoms with E-state index < -0.39 is 10.1 Å². The summed E-state index contributed by atoms with van der Waals surface area (Å²) in [6.45, 7) is 0.100. The van der Waals surface area contributed by atoms with E-state index in [1.165, 1.54) is 0 Å². The molecule has 0 heterocycles. The summed E-state index contributed by atoms with van der Waals surface area (Å²) in [5.74, 6) is 0.648. The zero-order valence-electron chi connectivity index (χ0n) is 13.9. The lowest BCUT2D eigenvalue weighted by Crippen LogP contribution is -2.45. The third-order valence-electron chi connectivity index (χ3n) is 4.05. The van der Waals surface area contributed by atoms with Crippen molar-refractivity contribution in [1.82, 2.24) is 5.32 Å². The Labute approximate surface area is 142 Å². The molecule has 0 radical (unpaired) electrons. The summed E-state index contributed by atoms with van der Waals surface area (Å²) in [5, 5.41) is 5.69. The highest BCUT2D eigenvalue weighted by Gasteiger charge is 2.27. The van der Waals surface area contributed by atoms with Crippen LogP contribution in [0.4, 0.5) is 10.5 Å². The largest absolute Gasteiger partial charge is 0.497 e. The van der Waals surface area contributed by atoms with E-state index in [1.54, 1.807) is 31.4 Å². The van der Waals surface area contributed by atoms with Gasteiger partial charge in [-0.2, -0.15) is 8.42 Å². The number of hydrogen-bond donors (Lipinski definition) is 2. The molecule has 1 fully saturated rings. The van der Waals surface area contributed by atoms with Gasteiger partial charge in [0.2, 0.25) is 0 Å². The van der Waals surface area contributed by atoms with Gasteiger partial charge in [-0.25, -0.2) is 4.79 Å². The van der Waals surface area contributed by atoms with Crippen molar-refractivity contribution in [2.45, 2.75) is 31.7 Å². The average molecular weight is 356 g/mol. The lowest BCUT2D eigenvalue weighted by Gasteiger charge is -2.31. The number of ether oxygens (including phenoxy) is 1. The second-order valence-electron chi connectivity index (χ2n) is 5.97. The zero-order chi connectivity index (χ0) is 17.6. The van der Waals surface area contributed by atoms with Crippen LogP contribution in [0.25, 0.3) is 0 Å². The molecule has 0 spiro atoms. The third kappa shape index (κ3) is 6.01. The summed E-state index contributed by atoms with van der Waals surface area (Å²) in [4.78, 5) is 12.2. The van der Waals surface area contributed by atoms with Crippen LogP contribution in [0.5, 0.6) is 5.75 Å². The van der Waals surface area contributed by atoms with E-state index >= 15 is 0 Å². The van der Waals surface area contributed by atoms with Crippen LogP contribution in [-0.4, -0.2) is 40.5 Å². The maximum Gasteiger partial charge on any atom is 0.319 e. The number of benzene rings is 1. The molecule has 2 atom stereocenters. The standard InChI is InChI=1S/C16H24N2O5S/c1-22-14-8-5-7-13(10-14)17-16(19)18-15-9-4-3-6-12(15)11-23-24(2,20)21/h5,7-8,10,12,15H,3-4,6,9,11H2,1-2H3,(H2,17,18,19)/t12-,15+/m0/s1. The smallest absolute Gasteiger partial charge is 0.319 e. The fourth-order valence-electron chi connectivity index (χ4n) is 2.84. The van der Waals surface area contributed by atoms with Crippen LogP contribution in [0.3, 0.4) is 0 Å². The van der Waals surface area contributed by atoms with Crippen LogP contribution < -0.4 is 15.4 Å². The second-order valence-corrected chi connectivity index (χ2v) is 7.61. The Morgan fingerprint density at radius 3 is 2.75 bits per heavy atom. The SMILES string of the molecule is COc1cccc(NC(=O)N[C@@H]2CCCC[C@H]2COS(C)(=O)=O)c1. The van der Waals surface area contributed by atoms with Gasteiger partial charge in [0, 0.05) is 23.7 Å². The van der Waals surface area contributed by atoms with Gasteiger partial charge in [-0.3, -0.25) is 4.18 Å².